The van der Waals surface area contributed by atoms with Gasteiger partial charge in [-0.15, -0.1) is 0 Å². The van der Waals surface area contributed by atoms with E-state index < -0.39 is 0 Å². The maximum absolute atomic E-state index is 2.40. The van der Waals surface area contributed by atoms with Crippen molar-refractivity contribution in [1.29, 1.82) is 0 Å². The van der Waals surface area contributed by atoms with E-state index in [2.05, 4.69) is 96.9 Å². The van der Waals surface area contributed by atoms with Crippen molar-refractivity contribution in [2.75, 3.05) is 0 Å². The molecule has 0 saturated heterocycles. The van der Waals surface area contributed by atoms with Crippen LogP contribution in [0.25, 0.3) is 21.5 Å². The molecule has 0 saturated carbocycles. The maximum atomic E-state index is 2.40. The van der Waals surface area contributed by atoms with E-state index in [9.17, 15) is 0 Å². The van der Waals surface area contributed by atoms with Crippen LogP contribution in [0.3, 0.4) is 0 Å². The smallest absolute Gasteiger partial charge is 0.0108 e. The Morgan fingerprint density at radius 3 is 0.875 bits per heavy atom. The number of benzene rings is 3. The number of fused-ring (bicyclic) bond motifs is 2. The van der Waals surface area contributed by atoms with Crippen LogP contribution in [0, 0.1) is 66.2 Å². The van der Waals surface area contributed by atoms with Gasteiger partial charge in [0.25, 0.3) is 0 Å². The van der Waals surface area contributed by atoms with Gasteiger partial charge in [0, 0.05) is 0 Å². The van der Waals surface area contributed by atoms with Gasteiger partial charge >= 0.3 is 0 Å². The molecule has 3 aromatic rings. The first-order valence-corrected chi connectivity index (χ1v) is 12.4. The summed E-state index contributed by atoms with van der Waals surface area (Å²) in [4.78, 5) is 0. The minimum absolute atomic E-state index is 0.249. The molecule has 32 heavy (non-hydrogen) atoms. The third-order valence-corrected chi connectivity index (χ3v) is 7.92. The van der Waals surface area contributed by atoms with Gasteiger partial charge in [-0.2, -0.15) is 0 Å². The van der Waals surface area contributed by atoms with Crippen molar-refractivity contribution in [3.8, 4) is 0 Å². The van der Waals surface area contributed by atoms with Crippen molar-refractivity contribution >= 4 is 21.5 Å². The van der Waals surface area contributed by atoms with Crippen molar-refractivity contribution in [3.05, 3.63) is 55.6 Å². The number of hydrogen-bond acceptors (Lipinski definition) is 0. The topological polar surface area (TPSA) is 0 Å². The molecule has 0 nitrogen and oxygen atoms in total. The van der Waals surface area contributed by atoms with E-state index in [-0.39, 0.29) is 10.8 Å². The van der Waals surface area contributed by atoms with Crippen LogP contribution >= 0.6 is 0 Å². The zero-order valence-electron chi connectivity index (χ0n) is 23.4. The lowest BCUT2D eigenvalue weighted by Gasteiger charge is -2.30. The Morgan fingerprint density at radius 2 is 0.625 bits per heavy atom. The second-order valence-electron chi connectivity index (χ2n) is 12.9. The fourth-order valence-corrected chi connectivity index (χ4v) is 5.96. The van der Waals surface area contributed by atoms with Crippen molar-refractivity contribution in [2.24, 2.45) is 10.8 Å². The Labute approximate surface area is 197 Å². The first-order chi connectivity index (χ1) is 14.5. The highest BCUT2D eigenvalue weighted by Gasteiger charge is 2.26. The van der Waals surface area contributed by atoms with Crippen LogP contribution in [0.4, 0.5) is 0 Å². The lowest BCUT2D eigenvalue weighted by Crippen LogP contribution is -2.16. The molecule has 0 N–H and O–H groups in total. The number of rotatable bonds is 2. The van der Waals surface area contributed by atoms with Gasteiger partial charge in [-0.1, -0.05) is 41.5 Å². The highest BCUT2D eigenvalue weighted by Crippen LogP contribution is 2.45. The zero-order valence-corrected chi connectivity index (χ0v) is 23.4. The van der Waals surface area contributed by atoms with E-state index in [4.69, 9.17) is 0 Å². The molecule has 0 amide bonds. The molecule has 0 aromatic heterocycles. The molecule has 3 rings (SSSR count). The van der Waals surface area contributed by atoms with E-state index in [1.165, 1.54) is 66.1 Å². The lowest BCUT2D eigenvalue weighted by atomic mass is 9.74. The summed E-state index contributed by atoms with van der Waals surface area (Å²) < 4.78 is 0. The van der Waals surface area contributed by atoms with E-state index in [1.54, 1.807) is 11.1 Å². The molecule has 0 spiro atoms. The van der Waals surface area contributed by atoms with Crippen molar-refractivity contribution in [2.45, 2.75) is 110 Å². The molecule has 0 heteroatoms. The summed E-state index contributed by atoms with van der Waals surface area (Å²) in [6.45, 7) is 33.1. The fourth-order valence-electron chi connectivity index (χ4n) is 5.96. The predicted octanol–water partition coefficient (Wildman–Crippen LogP) is 9.64. The van der Waals surface area contributed by atoms with Crippen LogP contribution < -0.4 is 0 Å². The largest absolute Gasteiger partial charge is 0.0599 e. The van der Waals surface area contributed by atoms with Crippen molar-refractivity contribution in [3.63, 3.8) is 0 Å². The highest BCUT2D eigenvalue weighted by molar-refractivity contribution is 6.11. The molecule has 0 aliphatic heterocycles. The standard InChI is InChI=1S/C32H46/c1-17-18(2)22(6)28-24(8)30-26(16-32(12,13)14)20(4)19(3)25(15-31(9,10)11)29(30)23(7)27(28)21(17)5/h15-16H2,1-14H3. The second-order valence-corrected chi connectivity index (χ2v) is 12.9. The molecular weight excluding hydrogens is 384 g/mol. The summed E-state index contributed by atoms with van der Waals surface area (Å²) in [6.07, 6.45) is 2.22. The summed E-state index contributed by atoms with van der Waals surface area (Å²) in [5, 5.41) is 6.07. The molecule has 0 bridgehead atoms. The third-order valence-electron chi connectivity index (χ3n) is 7.92. The summed E-state index contributed by atoms with van der Waals surface area (Å²) in [7, 11) is 0. The van der Waals surface area contributed by atoms with Crippen LogP contribution in [0.2, 0.25) is 0 Å². The van der Waals surface area contributed by atoms with Crippen LogP contribution in [0.1, 0.15) is 97.2 Å². The molecule has 0 aliphatic rings. The molecule has 0 heterocycles. The van der Waals surface area contributed by atoms with Crippen LogP contribution in [-0.2, 0) is 12.8 Å². The second kappa shape index (κ2) is 7.89. The Morgan fingerprint density at radius 1 is 0.344 bits per heavy atom. The van der Waals surface area contributed by atoms with Crippen molar-refractivity contribution in [1.82, 2.24) is 0 Å². The molecule has 174 valence electrons. The Kier molecular flexibility index (Phi) is 6.12. The fraction of sp³-hybridized carbons (Fsp3) is 0.562. The Balaban J connectivity index is 2.73. The Bertz CT molecular complexity index is 1140. The normalized spacial score (nSPS) is 12.9. The number of aryl methyl sites for hydroxylation is 4. The zero-order chi connectivity index (χ0) is 24.5. The van der Waals surface area contributed by atoms with Gasteiger partial charge in [0.05, 0.1) is 0 Å². The maximum Gasteiger partial charge on any atom is -0.0108 e. The van der Waals surface area contributed by atoms with E-state index in [1.807, 2.05) is 0 Å². The first-order valence-electron chi connectivity index (χ1n) is 12.4. The predicted molar refractivity (Wildman–Crippen MR) is 146 cm³/mol. The SMILES string of the molecule is Cc1c(C)c(C)c2c(C)c3c(CC(C)(C)C)c(C)c(C)c(CC(C)(C)C)c3c(C)c2c1C. The summed E-state index contributed by atoms with van der Waals surface area (Å²) in [6, 6.07) is 0. The minimum Gasteiger partial charge on any atom is -0.0599 e. The summed E-state index contributed by atoms with van der Waals surface area (Å²) in [5.41, 5.74) is 15.5. The van der Waals surface area contributed by atoms with Gasteiger partial charge in [0.1, 0.15) is 0 Å². The minimum atomic E-state index is 0.249. The van der Waals surface area contributed by atoms with Gasteiger partial charge in [0.15, 0.2) is 0 Å². The van der Waals surface area contributed by atoms with Crippen LogP contribution in [0.5, 0.6) is 0 Å². The molecule has 0 radical (unpaired) electrons. The van der Waals surface area contributed by atoms with E-state index in [0.29, 0.717) is 0 Å². The van der Waals surface area contributed by atoms with Gasteiger partial charge in [-0.05, 0) is 156 Å². The molecule has 0 atom stereocenters. The van der Waals surface area contributed by atoms with Gasteiger partial charge in [-0.3, -0.25) is 0 Å². The molecular formula is C32H46. The lowest BCUT2D eigenvalue weighted by molar-refractivity contribution is 0.408. The van der Waals surface area contributed by atoms with E-state index >= 15 is 0 Å². The first kappa shape index (κ1) is 24.8. The summed E-state index contributed by atoms with van der Waals surface area (Å²) in [5.74, 6) is 0. The van der Waals surface area contributed by atoms with E-state index in [0.717, 1.165) is 12.8 Å². The average Bonchev–Trinajstić information content (AvgIpc) is 2.65. The molecule has 3 aromatic carbocycles. The summed E-state index contributed by atoms with van der Waals surface area (Å²) >= 11 is 0. The monoisotopic (exact) mass is 430 g/mol. The van der Waals surface area contributed by atoms with Gasteiger partial charge in [-0.25, -0.2) is 0 Å². The van der Waals surface area contributed by atoms with Crippen molar-refractivity contribution < 1.29 is 0 Å². The third kappa shape index (κ3) is 4.00. The Hall–Kier alpha value is -1.82. The molecule has 0 unspecified atom stereocenters. The van der Waals surface area contributed by atoms with Crippen LogP contribution in [0.15, 0.2) is 0 Å². The molecule has 0 fully saturated rings. The average molecular weight is 431 g/mol. The van der Waals surface area contributed by atoms with Crippen LogP contribution in [-0.4, -0.2) is 0 Å². The number of hydrogen-bond donors (Lipinski definition) is 0. The van der Waals surface area contributed by atoms with Gasteiger partial charge < -0.3 is 0 Å². The van der Waals surface area contributed by atoms with Gasteiger partial charge in [0.2, 0.25) is 0 Å². The highest BCUT2D eigenvalue weighted by atomic mass is 14.3. The molecule has 0 aliphatic carbocycles. The quantitative estimate of drug-likeness (QED) is 0.355.